The molecule has 6 nitrogen and oxygen atoms in total. The van der Waals surface area contributed by atoms with Crippen molar-refractivity contribution in [3.05, 3.63) is 99.0 Å². The lowest BCUT2D eigenvalue weighted by Gasteiger charge is -2.09. The Morgan fingerprint density at radius 2 is 2.05 bits per heavy atom. The van der Waals surface area contributed by atoms with Gasteiger partial charge in [0.1, 0.15) is 5.69 Å². The molecule has 0 unspecified atom stereocenters. The lowest BCUT2D eigenvalue weighted by atomic mass is 10.0. The molecule has 4 aromatic heterocycles. The maximum Gasteiger partial charge on any atom is 0.176 e. The van der Waals surface area contributed by atoms with Gasteiger partial charge in [0, 0.05) is 33.8 Å². The van der Waals surface area contributed by atoms with Crippen molar-refractivity contribution in [3.8, 4) is 11.5 Å². The van der Waals surface area contributed by atoms with E-state index in [9.17, 15) is 4.39 Å². The molecule has 4 heterocycles. The van der Waals surface area contributed by atoms with Crippen LogP contribution in [0.15, 0.2) is 55.9 Å². The van der Waals surface area contributed by atoms with E-state index in [4.69, 9.17) is 4.98 Å². The molecule has 0 saturated heterocycles. The monoisotopic (exact) mass is 528 g/mol. The van der Waals surface area contributed by atoms with Gasteiger partial charge in [-0.1, -0.05) is 31.4 Å². The molecule has 0 radical (unpaired) electrons. The second kappa shape index (κ2) is 12.1. The van der Waals surface area contributed by atoms with Gasteiger partial charge in [0.05, 0.1) is 11.0 Å². The number of pyridine rings is 1. The van der Waals surface area contributed by atoms with E-state index in [0.717, 1.165) is 74.3 Å². The van der Waals surface area contributed by atoms with Gasteiger partial charge in [-0.2, -0.15) is 9.49 Å². The van der Waals surface area contributed by atoms with Gasteiger partial charge in [-0.15, -0.1) is 11.3 Å². The van der Waals surface area contributed by atoms with Crippen LogP contribution >= 0.6 is 11.3 Å². The molecule has 0 aromatic carbocycles. The molecule has 0 bridgehead atoms. The van der Waals surface area contributed by atoms with Crippen LogP contribution in [-0.4, -0.2) is 50.7 Å². The molecule has 0 aliphatic carbocycles. The van der Waals surface area contributed by atoms with Crippen LogP contribution in [0.3, 0.4) is 0 Å². The van der Waals surface area contributed by atoms with E-state index in [2.05, 4.69) is 58.4 Å². The van der Waals surface area contributed by atoms with E-state index in [1.54, 1.807) is 12.1 Å². The van der Waals surface area contributed by atoms with Crippen molar-refractivity contribution in [1.29, 1.82) is 0 Å². The molecule has 0 saturated carbocycles. The summed E-state index contributed by atoms with van der Waals surface area (Å²) in [6.07, 6.45) is 13.3. The molecule has 4 aromatic rings. The van der Waals surface area contributed by atoms with Gasteiger partial charge >= 0.3 is 0 Å². The summed E-state index contributed by atoms with van der Waals surface area (Å²) in [5.74, 6) is 0.614. The molecule has 0 aliphatic rings. The number of imidazole rings is 1. The fourth-order valence-electron chi connectivity index (χ4n) is 4.26. The van der Waals surface area contributed by atoms with E-state index in [1.807, 2.05) is 44.5 Å². The lowest BCUT2D eigenvalue weighted by molar-refractivity contribution is 0.400. The molecule has 0 fully saturated rings. The minimum Gasteiger partial charge on any atom is -0.340 e. The number of rotatable bonds is 10. The highest BCUT2D eigenvalue weighted by Gasteiger charge is 2.18. The highest BCUT2D eigenvalue weighted by Crippen LogP contribution is 2.31. The zero-order valence-corrected chi connectivity index (χ0v) is 23.1. The number of allylic oxidation sites excluding steroid dienone is 3. The van der Waals surface area contributed by atoms with Gasteiger partial charge in [0.25, 0.3) is 0 Å². The van der Waals surface area contributed by atoms with Crippen molar-refractivity contribution < 1.29 is 4.39 Å². The van der Waals surface area contributed by atoms with Gasteiger partial charge in [0.15, 0.2) is 11.0 Å². The minimum absolute atomic E-state index is 0.245. The Balaban J connectivity index is 1.71. The molecule has 4 rings (SSSR count). The van der Waals surface area contributed by atoms with Crippen molar-refractivity contribution in [2.24, 2.45) is 0 Å². The maximum atomic E-state index is 13.8. The van der Waals surface area contributed by atoms with Crippen LogP contribution in [0, 0.1) is 12.1 Å². The first-order valence-electron chi connectivity index (χ1n) is 12.5. The average Bonchev–Trinajstić information content (AvgIpc) is 3.60. The van der Waals surface area contributed by atoms with Crippen molar-refractivity contribution in [2.75, 3.05) is 20.6 Å². The summed E-state index contributed by atoms with van der Waals surface area (Å²) in [5, 5.41) is 9.19. The molecule has 196 valence electrons. The first-order valence-corrected chi connectivity index (χ1v) is 13.3. The number of H-pyrrole nitrogens is 2. The highest BCUT2D eigenvalue weighted by molar-refractivity contribution is 7.11. The number of hydrogen-bond donors (Lipinski definition) is 2. The van der Waals surface area contributed by atoms with Crippen LogP contribution in [0.2, 0.25) is 0 Å². The topological polar surface area (TPSA) is 73.5 Å². The summed E-state index contributed by atoms with van der Waals surface area (Å²) in [5.41, 5.74) is 6.05. The standard InChI is InChI=1S/C30H33FN6S/c1-7-10-23(26-12-13-27(31)38-26)28-20(4)33-30(34-28)29-24(25(8-2)35-36-29)15-19(3)22-16-21(17-32-18-22)11-9-14-37(5)6/h7-8,10,12-13,15-18,35H,1,3,9,11,14H2,2,4-6H3,(H,33,34)/b23-10-,24-15+,25-8+. The Morgan fingerprint density at radius 1 is 1.24 bits per heavy atom. The third-order valence-electron chi connectivity index (χ3n) is 6.16. The van der Waals surface area contributed by atoms with Crippen LogP contribution in [0.1, 0.15) is 40.7 Å². The summed E-state index contributed by atoms with van der Waals surface area (Å²) in [6.45, 7) is 13.1. The van der Waals surface area contributed by atoms with Crippen molar-refractivity contribution in [2.45, 2.75) is 26.7 Å². The molecule has 8 heteroatoms. The van der Waals surface area contributed by atoms with E-state index < -0.39 is 0 Å². The van der Waals surface area contributed by atoms with E-state index >= 15 is 0 Å². The SMILES string of the molecule is C=C/C=C(/c1ccc(F)s1)c1nc(-c2n[nH]c(=C/C)/c2=C\C(=C)c2cncc(CCCN(C)C)c2)[nH]c1C. The number of nitrogens with zero attached hydrogens (tertiary/aromatic N) is 4. The van der Waals surface area contributed by atoms with Crippen LogP contribution in [-0.2, 0) is 6.42 Å². The summed E-state index contributed by atoms with van der Waals surface area (Å²) in [4.78, 5) is 15.7. The molecule has 0 spiro atoms. The molecular weight excluding hydrogens is 495 g/mol. The quantitative estimate of drug-likeness (QED) is 0.281. The van der Waals surface area contributed by atoms with Crippen LogP contribution in [0.5, 0.6) is 0 Å². The number of halogens is 1. The fourth-order valence-corrected chi connectivity index (χ4v) is 5.01. The van der Waals surface area contributed by atoms with Crippen LogP contribution in [0.4, 0.5) is 4.39 Å². The fraction of sp³-hybridized carbons (Fsp3) is 0.233. The smallest absolute Gasteiger partial charge is 0.176 e. The largest absolute Gasteiger partial charge is 0.340 e. The zero-order valence-electron chi connectivity index (χ0n) is 22.3. The van der Waals surface area contributed by atoms with Gasteiger partial charge in [-0.3, -0.25) is 10.1 Å². The van der Waals surface area contributed by atoms with E-state index in [0.29, 0.717) is 11.5 Å². The Hall–Kier alpha value is -3.88. The van der Waals surface area contributed by atoms with Gasteiger partial charge in [0.2, 0.25) is 0 Å². The summed E-state index contributed by atoms with van der Waals surface area (Å²) >= 11 is 1.08. The Morgan fingerprint density at radius 3 is 2.74 bits per heavy atom. The molecule has 38 heavy (non-hydrogen) atoms. The molecule has 0 atom stereocenters. The average molecular weight is 529 g/mol. The summed E-state index contributed by atoms with van der Waals surface area (Å²) < 4.78 is 13.8. The first-order chi connectivity index (χ1) is 18.3. The first kappa shape index (κ1) is 27.2. The van der Waals surface area contributed by atoms with Crippen molar-refractivity contribution >= 4 is 34.6 Å². The number of aromatic nitrogens is 5. The lowest BCUT2D eigenvalue weighted by Crippen LogP contribution is -2.23. The van der Waals surface area contributed by atoms with Crippen molar-refractivity contribution in [1.82, 2.24) is 30.0 Å². The van der Waals surface area contributed by atoms with Gasteiger partial charge in [-0.25, -0.2) is 4.98 Å². The third-order valence-corrected chi connectivity index (χ3v) is 7.07. The summed E-state index contributed by atoms with van der Waals surface area (Å²) in [6, 6.07) is 5.37. The second-order valence-electron chi connectivity index (χ2n) is 9.33. The zero-order chi connectivity index (χ0) is 27.2. The molecule has 0 aliphatic heterocycles. The number of aromatic amines is 2. The normalized spacial score (nSPS) is 13.1. The van der Waals surface area contributed by atoms with Gasteiger partial charge in [-0.05, 0) is 88.3 Å². The molecule has 2 N–H and O–H groups in total. The summed E-state index contributed by atoms with van der Waals surface area (Å²) in [7, 11) is 4.16. The predicted octanol–water partition coefficient (Wildman–Crippen LogP) is 5.11. The second-order valence-corrected chi connectivity index (χ2v) is 10.4. The minimum atomic E-state index is -0.245. The molecule has 0 amide bonds. The number of nitrogens with one attached hydrogen (secondary N) is 2. The van der Waals surface area contributed by atoms with Crippen LogP contribution in [0.25, 0.3) is 34.8 Å². The number of aryl methyl sites for hydroxylation is 2. The van der Waals surface area contributed by atoms with Gasteiger partial charge < -0.3 is 9.88 Å². The molecular formula is C30H33FN6S. The third kappa shape index (κ3) is 6.15. The Bertz CT molecular complexity index is 1600. The number of hydrogen-bond acceptors (Lipinski definition) is 5. The predicted molar refractivity (Wildman–Crippen MR) is 156 cm³/mol. The number of thiophene rings is 1. The van der Waals surface area contributed by atoms with E-state index in [1.165, 1.54) is 11.6 Å². The highest BCUT2D eigenvalue weighted by atomic mass is 32.1. The van der Waals surface area contributed by atoms with Crippen LogP contribution < -0.4 is 10.6 Å². The Labute approximate surface area is 226 Å². The van der Waals surface area contributed by atoms with E-state index in [-0.39, 0.29) is 5.13 Å². The Kier molecular flexibility index (Phi) is 8.66. The van der Waals surface area contributed by atoms with Crippen molar-refractivity contribution in [3.63, 3.8) is 0 Å². The maximum absolute atomic E-state index is 13.8.